The Kier molecular flexibility index (Phi) is 11.0. The average molecular weight is 390 g/mol. The normalized spacial score (nSPS) is 16.3. The highest BCUT2D eigenvalue weighted by Gasteiger charge is 2.33. The lowest BCUT2D eigenvalue weighted by molar-refractivity contribution is 0.105. The summed E-state index contributed by atoms with van der Waals surface area (Å²) in [5.74, 6) is 0.910. The molecule has 0 aromatic heterocycles. The van der Waals surface area contributed by atoms with Crippen molar-refractivity contribution < 1.29 is 9.47 Å². The van der Waals surface area contributed by atoms with E-state index in [0.29, 0.717) is 12.0 Å². The van der Waals surface area contributed by atoms with Gasteiger partial charge in [0.2, 0.25) is 0 Å². The summed E-state index contributed by atoms with van der Waals surface area (Å²) in [6, 6.07) is 10.3. The lowest BCUT2D eigenvalue weighted by Crippen LogP contribution is -2.43. The van der Waals surface area contributed by atoms with Crippen molar-refractivity contribution in [2.24, 2.45) is 10.4 Å². The van der Waals surface area contributed by atoms with Gasteiger partial charge in [0.25, 0.3) is 0 Å². The van der Waals surface area contributed by atoms with Gasteiger partial charge in [-0.3, -0.25) is 4.99 Å². The van der Waals surface area contributed by atoms with Crippen LogP contribution in [0.15, 0.2) is 35.3 Å². The van der Waals surface area contributed by atoms with Crippen LogP contribution in [-0.4, -0.2) is 45.9 Å². The Balaban J connectivity index is 1.56. The maximum atomic E-state index is 5.74. The standard InChI is InChI=1S/C23H39N3O2/c1-3-27-18-15-23(13-7-8-14-23)20-26-22(24-2)25-16-9-10-17-28-19-21-11-5-4-6-12-21/h4-6,11-12H,3,7-10,13-20H2,1-2H3,(H2,24,25,26). The molecule has 0 heterocycles. The van der Waals surface area contributed by atoms with Crippen LogP contribution in [0.5, 0.6) is 0 Å². The van der Waals surface area contributed by atoms with Crippen molar-refractivity contribution in [2.45, 2.75) is 58.5 Å². The summed E-state index contributed by atoms with van der Waals surface area (Å²) in [4.78, 5) is 4.38. The molecule has 0 saturated heterocycles. The summed E-state index contributed by atoms with van der Waals surface area (Å²) in [6.07, 6.45) is 8.53. The predicted octanol–water partition coefficient (Wildman–Crippen LogP) is 4.14. The van der Waals surface area contributed by atoms with Crippen LogP contribution >= 0.6 is 0 Å². The first-order valence-corrected chi connectivity index (χ1v) is 10.9. The van der Waals surface area contributed by atoms with E-state index < -0.39 is 0 Å². The number of aliphatic imine (C=N–C) groups is 1. The molecule has 158 valence electrons. The number of guanidine groups is 1. The molecule has 0 radical (unpaired) electrons. The molecule has 1 aliphatic rings. The van der Waals surface area contributed by atoms with Gasteiger partial charge in [-0.2, -0.15) is 0 Å². The fourth-order valence-electron chi connectivity index (χ4n) is 3.87. The van der Waals surface area contributed by atoms with E-state index in [4.69, 9.17) is 9.47 Å². The topological polar surface area (TPSA) is 54.9 Å². The minimum absolute atomic E-state index is 0.373. The van der Waals surface area contributed by atoms with Crippen LogP contribution < -0.4 is 10.6 Å². The number of hydrogen-bond donors (Lipinski definition) is 2. The van der Waals surface area contributed by atoms with E-state index in [1.165, 1.54) is 31.2 Å². The van der Waals surface area contributed by atoms with E-state index in [1.807, 2.05) is 25.2 Å². The predicted molar refractivity (Wildman–Crippen MR) is 117 cm³/mol. The Morgan fingerprint density at radius 1 is 1.04 bits per heavy atom. The highest BCUT2D eigenvalue weighted by molar-refractivity contribution is 5.79. The van der Waals surface area contributed by atoms with Crippen LogP contribution in [0.4, 0.5) is 0 Å². The molecule has 2 N–H and O–H groups in total. The largest absolute Gasteiger partial charge is 0.382 e. The maximum Gasteiger partial charge on any atom is 0.190 e. The quantitative estimate of drug-likeness (QED) is 0.302. The monoisotopic (exact) mass is 389 g/mol. The Morgan fingerprint density at radius 3 is 2.54 bits per heavy atom. The minimum atomic E-state index is 0.373. The van der Waals surface area contributed by atoms with Gasteiger partial charge < -0.3 is 20.1 Å². The zero-order valence-electron chi connectivity index (χ0n) is 17.8. The summed E-state index contributed by atoms with van der Waals surface area (Å²) in [5.41, 5.74) is 1.60. The van der Waals surface area contributed by atoms with Crippen molar-refractivity contribution in [2.75, 3.05) is 40.0 Å². The Hall–Kier alpha value is -1.59. The van der Waals surface area contributed by atoms with Crippen molar-refractivity contribution in [1.29, 1.82) is 0 Å². The fraction of sp³-hybridized carbons (Fsp3) is 0.696. The molecular formula is C23H39N3O2. The molecule has 2 rings (SSSR count). The first-order valence-electron chi connectivity index (χ1n) is 10.9. The molecule has 0 unspecified atom stereocenters. The maximum absolute atomic E-state index is 5.74. The molecule has 0 aliphatic heterocycles. The van der Waals surface area contributed by atoms with Crippen LogP contribution in [0, 0.1) is 5.41 Å². The van der Waals surface area contributed by atoms with Gasteiger partial charge in [-0.25, -0.2) is 0 Å². The molecule has 1 saturated carbocycles. The molecule has 5 heteroatoms. The second-order valence-corrected chi connectivity index (χ2v) is 7.75. The molecule has 0 atom stereocenters. The molecular weight excluding hydrogens is 350 g/mol. The van der Waals surface area contributed by atoms with Crippen LogP contribution in [0.2, 0.25) is 0 Å². The summed E-state index contributed by atoms with van der Waals surface area (Å²) >= 11 is 0. The summed E-state index contributed by atoms with van der Waals surface area (Å²) in [7, 11) is 1.85. The second-order valence-electron chi connectivity index (χ2n) is 7.75. The van der Waals surface area contributed by atoms with Crippen LogP contribution in [0.25, 0.3) is 0 Å². The molecule has 1 aromatic carbocycles. The number of unbranched alkanes of at least 4 members (excludes halogenated alkanes) is 1. The summed E-state index contributed by atoms with van der Waals surface area (Å²) in [6.45, 7) is 7.14. The van der Waals surface area contributed by atoms with Crippen molar-refractivity contribution >= 4 is 5.96 Å². The van der Waals surface area contributed by atoms with Crippen LogP contribution in [0.1, 0.15) is 57.4 Å². The van der Waals surface area contributed by atoms with Crippen molar-refractivity contribution in [3.05, 3.63) is 35.9 Å². The first-order chi connectivity index (χ1) is 13.8. The van der Waals surface area contributed by atoms with Gasteiger partial charge in [0, 0.05) is 40.0 Å². The van der Waals surface area contributed by atoms with Crippen molar-refractivity contribution in [1.82, 2.24) is 10.6 Å². The van der Waals surface area contributed by atoms with Gasteiger partial charge in [0.05, 0.1) is 6.61 Å². The molecule has 28 heavy (non-hydrogen) atoms. The molecule has 0 amide bonds. The number of hydrogen-bond acceptors (Lipinski definition) is 3. The SMILES string of the molecule is CCOCCC1(CNC(=NC)NCCCCOCc2ccccc2)CCCC1. The van der Waals surface area contributed by atoms with Crippen molar-refractivity contribution in [3.8, 4) is 0 Å². The zero-order chi connectivity index (χ0) is 19.9. The summed E-state index contributed by atoms with van der Waals surface area (Å²) in [5, 5.41) is 6.99. The van der Waals surface area contributed by atoms with E-state index in [-0.39, 0.29) is 0 Å². The molecule has 1 fully saturated rings. The van der Waals surface area contributed by atoms with Crippen LogP contribution in [0.3, 0.4) is 0 Å². The minimum Gasteiger partial charge on any atom is -0.382 e. The fourth-order valence-corrected chi connectivity index (χ4v) is 3.87. The first kappa shape index (κ1) is 22.7. The third-order valence-electron chi connectivity index (χ3n) is 5.62. The zero-order valence-corrected chi connectivity index (χ0v) is 17.8. The second kappa shape index (κ2) is 13.6. The molecule has 1 aliphatic carbocycles. The van der Waals surface area contributed by atoms with E-state index in [0.717, 1.165) is 58.1 Å². The third kappa shape index (κ3) is 8.61. The number of ether oxygens (including phenoxy) is 2. The number of benzene rings is 1. The van der Waals surface area contributed by atoms with Gasteiger partial charge in [0.15, 0.2) is 5.96 Å². The van der Waals surface area contributed by atoms with E-state index >= 15 is 0 Å². The number of nitrogens with zero attached hydrogens (tertiary/aromatic N) is 1. The lowest BCUT2D eigenvalue weighted by atomic mass is 9.83. The van der Waals surface area contributed by atoms with Gasteiger partial charge in [0.1, 0.15) is 0 Å². The van der Waals surface area contributed by atoms with Crippen LogP contribution in [-0.2, 0) is 16.1 Å². The smallest absolute Gasteiger partial charge is 0.190 e. The highest BCUT2D eigenvalue weighted by Crippen LogP contribution is 2.40. The highest BCUT2D eigenvalue weighted by atomic mass is 16.5. The van der Waals surface area contributed by atoms with E-state index in [2.05, 4.69) is 34.7 Å². The number of nitrogens with one attached hydrogen (secondary N) is 2. The average Bonchev–Trinajstić information content (AvgIpc) is 3.19. The molecule has 0 spiro atoms. The van der Waals surface area contributed by atoms with Gasteiger partial charge in [-0.15, -0.1) is 0 Å². The van der Waals surface area contributed by atoms with Gasteiger partial charge in [-0.1, -0.05) is 43.2 Å². The molecule has 5 nitrogen and oxygen atoms in total. The van der Waals surface area contributed by atoms with E-state index in [1.54, 1.807) is 0 Å². The molecule has 0 bridgehead atoms. The summed E-state index contributed by atoms with van der Waals surface area (Å²) < 4.78 is 11.4. The Morgan fingerprint density at radius 2 is 1.82 bits per heavy atom. The van der Waals surface area contributed by atoms with E-state index in [9.17, 15) is 0 Å². The third-order valence-corrected chi connectivity index (χ3v) is 5.62. The Labute approximate surface area is 171 Å². The lowest BCUT2D eigenvalue weighted by Gasteiger charge is -2.30. The van der Waals surface area contributed by atoms with Gasteiger partial charge in [-0.05, 0) is 50.0 Å². The molecule has 1 aromatic rings. The van der Waals surface area contributed by atoms with Gasteiger partial charge >= 0.3 is 0 Å². The number of rotatable bonds is 13. The Bertz CT molecular complexity index is 542. The van der Waals surface area contributed by atoms with Crippen molar-refractivity contribution in [3.63, 3.8) is 0 Å².